The Morgan fingerprint density at radius 3 is 1.58 bits per heavy atom. The number of aromatic nitrogens is 4. The molecule has 0 aliphatic carbocycles. The zero-order chi connectivity index (χ0) is 25.4. The van der Waals surface area contributed by atoms with Gasteiger partial charge in [0.25, 0.3) is 0 Å². The number of aliphatic hydroxyl groups excluding tert-OH is 2. The maximum Gasteiger partial charge on any atom is 0.0694 e. The van der Waals surface area contributed by atoms with Crippen molar-refractivity contribution < 1.29 is 10.2 Å². The lowest BCUT2D eigenvalue weighted by Gasteiger charge is -2.05. The fraction of sp³-hybridized carbons (Fsp3) is 0.333. The molecule has 186 valence electrons. The van der Waals surface area contributed by atoms with Crippen LogP contribution >= 0.6 is 0 Å². The standard InChI is InChI=1S/C30H34N4O2/c1-17-11-22-14-27-19(3)23(7-5-9-35)29(33-27)16-30-24(8-6-10-36)20(4)28(34-30)15-26-18(2)12-21(32-26)13-25(17)31-22/h11-16,31-32,35-36H,5-10H2,1-4H3. The van der Waals surface area contributed by atoms with Crippen molar-refractivity contribution in [3.05, 3.63) is 70.3 Å². The Labute approximate surface area is 211 Å². The van der Waals surface area contributed by atoms with Crippen LogP contribution in [-0.2, 0) is 0 Å². The van der Waals surface area contributed by atoms with Crippen LogP contribution < -0.4 is 0 Å². The number of rotatable bonds is 6. The molecule has 0 radical (unpaired) electrons. The molecule has 4 N–H and O–H groups in total. The summed E-state index contributed by atoms with van der Waals surface area (Å²) >= 11 is 0. The zero-order valence-electron chi connectivity index (χ0n) is 21.5. The second kappa shape index (κ2) is 9.88. The SMILES string of the molecule is CC1=C(CCCO)c2cc3nc(cc4[nH]c(cc4C)cc4[nH]c(cc1n2)cc4C)C(C)=C3CCCO. The number of aryl methyl sites for hydroxylation is 2. The molecule has 0 saturated carbocycles. The molecular weight excluding hydrogens is 448 g/mol. The van der Waals surface area contributed by atoms with Gasteiger partial charge in [0.05, 0.1) is 22.8 Å². The van der Waals surface area contributed by atoms with Crippen LogP contribution in [0.1, 0.15) is 73.4 Å². The highest BCUT2D eigenvalue weighted by molar-refractivity contribution is 5.95. The lowest BCUT2D eigenvalue weighted by molar-refractivity contribution is 0.290. The van der Waals surface area contributed by atoms with Crippen molar-refractivity contribution >= 4 is 44.4 Å². The minimum absolute atomic E-state index is 0.143. The van der Waals surface area contributed by atoms with Crippen LogP contribution in [0.4, 0.5) is 0 Å². The van der Waals surface area contributed by atoms with Crippen LogP contribution in [0.15, 0.2) is 36.4 Å². The average Bonchev–Trinajstić information content (AvgIpc) is 3.53. The Hall–Kier alpha value is -3.48. The van der Waals surface area contributed by atoms with Crippen LogP contribution in [0.3, 0.4) is 0 Å². The van der Waals surface area contributed by atoms with Crippen molar-refractivity contribution in [2.75, 3.05) is 13.2 Å². The van der Waals surface area contributed by atoms with Gasteiger partial charge in [-0.25, -0.2) is 9.97 Å². The summed E-state index contributed by atoms with van der Waals surface area (Å²) in [6.07, 6.45) is 2.89. The Balaban J connectivity index is 1.86. The van der Waals surface area contributed by atoms with Gasteiger partial charge in [0, 0.05) is 35.3 Å². The number of aliphatic hydroxyl groups is 2. The van der Waals surface area contributed by atoms with Crippen molar-refractivity contribution in [3.8, 4) is 0 Å². The van der Waals surface area contributed by atoms with E-state index in [1.54, 1.807) is 0 Å². The summed E-state index contributed by atoms with van der Waals surface area (Å²) in [5.41, 5.74) is 14.7. The smallest absolute Gasteiger partial charge is 0.0694 e. The molecule has 0 saturated heterocycles. The third-order valence-corrected chi connectivity index (χ3v) is 7.24. The molecule has 0 amide bonds. The molecule has 3 aromatic heterocycles. The summed E-state index contributed by atoms with van der Waals surface area (Å²) in [5, 5.41) is 19.0. The van der Waals surface area contributed by atoms with E-state index in [2.05, 4.69) is 74.1 Å². The van der Waals surface area contributed by atoms with Gasteiger partial charge in [0.15, 0.2) is 0 Å². The first kappa shape index (κ1) is 24.2. The highest BCUT2D eigenvalue weighted by atomic mass is 16.3. The molecule has 5 rings (SSSR count). The van der Waals surface area contributed by atoms with E-state index in [4.69, 9.17) is 9.97 Å². The normalized spacial score (nSPS) is 13.7. The quantitative estimate of drug-likeness (QED) is 0.330. The van der Waals surface area contributed by atoms with Gasteiger partial charge in [-0.1, -0.05) is 0 Å². The summed E-state index contributed by atoms with van der Waals surface area (Å²) in [6.45, 7) is 8.73. The molecule has 5 heterocycles. The van der Waals surface area contributed by atoms with Crippen molar-refractivity contribution in [1.82, 2.24) is 19.9 Å². The van der Waals surface area contributed by atoms with Crippen LogP contribution in [0.25, 0.3) is 44.4 Å². The predicted octanol–water partition coefficient (Wildman–Crippen LogP) is 6.34. The molecule has 2 aliphatic rings. The number of allylic oxidation sites excluding steroid dienone is 4. The molecule has 2 aliphatic heterocycles. The molecule has 0 atom stereocenters. The van der Waals surface area contributed by atoms with Gasteiger partial charge in [0.2, 0.25) is 0 Å². The fourth-order valence-electron chi connectivity index (χ4n) is 5.14. The van der Waals surface area contributed by atoms with Crippen molar-refractivity contribution in [2.45, 2.75) is 53.4 Å². The van der Waals surface area contributed by atoms with E-state index in [1.807, 2.05) is 0 Å². The lowest BCUT2D eigenvalue weighted by Crippen LogP contribution is -1.91. The molecule has 8 bridgehead atoms. The van der Waals surface area contributed by atoms with Gasteiger partial charge in [-0.3, -0.25) is 0 Å². The van der Waals surface area contributed by atoms with Crippen molar-refractivity contribution in [3.63, 3.8) is 0 Å². The molecule has 6 heteroatoms. The van der Waals surface area contributed by atoms with Gasteiger partial charge >= 0.3 is 0 Å². The third-order valence-electron chi connectivity index (χ3n) is 7.24. The van der Waals surface area contributed by atoms with Gasteiger partial charge in [-0.05, 0) is 123 Å². The zero-order valence-corrected chi connectivity index (χ0v) is 21.5. The maximum absolute atomic E-state index is 9.52. The highest BCUT2D eigenvalue weighted by Crippen LogP contribution is 2.37. The first-order valence-corrected chi connectivity index (χ1v) is 12.7. The van der Waals surface area contributed by atoms with Crippen LogP contribution in [0.2, 0.25) is 0 Å². The molecule has 0 spiro atoms. The number of fused-ring (bicyclic) bond motifs is 8. The van der Waals surface area contributed by atoms with E-state index in [1.165, 1.54) is 5.56 Å². The Morgan fingerprint density at radius 2 is 1.06 bits per heavy atom. The Bertz CT molecular complexity index is 1550. The summed E-state index contributed by atoms with van der Waals surface area (Å²) in [5.74, 6) is 0. The van der Waals surface area contributed by atoms with Crippen LogP contribution in [0.5, 0.6) is 0 Å². The van der Waals surface area contributed by atoms with E-state index in [0.29, 0.717) is 12.8 Å². The van der Waals surface area contributed by atoms with Gasteiger partial charge in [0.1, 0.15) is 0 Å². The topological polar surface area (TPSA) is 97.8 Å². The predicted molar refractivity (Wildman–Crippen MR) is 148 cm³/mol. The van der Waals surface area contributed by atoms with Gasteiger partial charge in [-0.15, -0.1) is 0 Å². The first-order valence-electron chi connectivity index (χ1n) is 12.7. The summed E-state index contributed by atoms with van der Waals surface area (Å²) < 4.78 is 0. The van der Waals surface area contributed by atoms with E-state index in [0.717, 1.165) is 85.5 Å². The highest BCUT2D eigenvalue weighted by Gasteiger charge is 2.21. The van der Waals surface area contributed by atoms with Crippen LogP contribution in [-0.4, -0.2) is 43.4 Å². The van der Waals surface area contributed by atoms with Gasteiger partial charge in [-0.2, -0.15) is 0 Å². The molecular formula is C30H34N4O2. The van der Waals surface area contributed by atoms with Crippen molar-refractivity contribution in [1.29, 1.82) is 0 Å². The van der Waals surface area contributed by atoms with E-state index >= 15 is 0 Å². The molecule has 0 fully saturated rings. The van der Waals surface area contributed by atoms with E-state index < -0.39 is 0 Å². The number of H-pyrrole nitrogens is 2. The van der Waals surface area contributed by atoms with Crippen molar-refractivity contribution in [2.24, 2.45) is 0 Å². The first-order chi connectivity index (χ1) is 17.4. The van der Waals surface area contributed by atoms with Crippen LogP contribution in [0, 0.1) is 13.8 Å². The van der Waals surface area contributed by atoms with Gasteiger partial charge < -0.3 is 20.2 Å². The monoisotopic (exact) mass is 482 g/mol. The fourth-order valence-corrected chi connectivity index (χ4v) is 5.14. The lowest BCUT2D eigenvalue weighted by atomic mass is 9.98. The number of hydrogen-bond acceptors (Lipinski definition) is 4. The average molecular weight is 483 g/mol. The maximum atomic E-state index is 9.52. The second-order valence-corrected chi connectivity index (χ2v) is 9.85. The summed E-state index contributed by atoms with van der Waals surface area (Å²) in [6, 6.07) is 12.8. The Kier molecular flexibility index (Phi) is 6.65. The number of nitrogens with zero attached hydrogens (tertiary/aromatic N) is 2. The molecule has 0 unspecified atom stereocenters. The second-order valence-electron chi connectivity index (χ2n) is 9.85. The third kappa shape index (κ3) is 4.54. The Morgan fingerprint density at radius 1 is 0.583 bits per heavy atom. The summed E-state index contributed by atoms with van der Waals surface area (Å²) in [7, 11) is 0. The minimum atomic E-state index is 0.143. The number of hydrogen-bond donors (Lipinski definition) is 4. The summed E-state index contributed by atoms with van der Waals surface area (Å²) in [4.78, 5) is 17.2. The number of aromatic amines is 2. The molecule has 3 aromatic rings. The minimum Gasteiger partial charge on any atom is -0.396 e. The molecule has 6 nitrogen and oxygen atoms in total. The largest absolute Gasteiger partial charge is 0.396 e. The van der Waals surface area contributed by atoms with E-state index in [9.17, 15) is 10.2 Å². The molecule has 0 aromatic carbocycles. The molecule has 36 heavy (non-hydrogen) atoms. The number of nitrogens with one attached hydrogen (secondary N) is 2. The van der Waals surface area contributed by atoms with E-state index in [-0.39, 0.29) is 13.2 Å².